The van der Waals surface area contributed by atoms with Gasteiger partial charge in [0.1, 0.15) is 12.2 Å². The molecule has 4 unspecified atom stereocenters. The number of carbonyl (C=O) groups excluding carboxylic acids is 1. The summed E-state index contributed by atoms with van der Waals surface area (Å²) in [5.74, 6) is -2.12. The Labute approximate surface area is 118 Å². The molecule has 2 rings (SSSR count). The fraction of sp³-hybridized carbons (Fsp3) is 0.714. The number of nitrogens with zero attached hydrogens (tertiary/aromatic N) is 1. The molecular formula is C14H21NO5. The lowest BCUT2D eigenvalue weighted by molar-refractivity contribution is -0.150. The second kappa shape index (κ2) is 6.37. The fourth-order valence-corrected chi connectivity index (χ4v) is 2.97. The number of carboxylic acids is 1. The van der Waals surface area contributed by atoms with Crippen molar-refractivity contribution in [2.75, 3.05) is 27.3 Å². The number of allylic oxidation sites excluding steroid dienone is 2. The van der Waals surface area contributed by atoms with E-state index in [0.717, 1.165) is 0 Å². The van der Waals surface area contributed by atoms with Gasteiger partial charge < -0.3 is 19.5 Å². The summed E-state index contributed by atoms with van der Waals surface area (Å²) in [6.45, 7) is 0.917. The van der Waals surface area contributed by atoms with Crippen molar-refractivity contribution in [1.29, 1.82) is 0 Å². The lowest BCUT2D eigenvalue weighted by Gasteiger charge is -2.28. The first-order chi connectivity index (χ1) is 9.58. The highest BCUT2D eigenvalue weighted by Gasteiger charge is 2.41. The molecule has 20 heavy (non-hydrogen) atoms. The van der Waals surface area contributed by atoms with Crippen molar-refractivity contribution >= 4 is 11.9 Å². The Morgan fingerprint density at radius 2 is 1.55 bits per heavy atom. The number of aliphatic carboxylic acids is 1. The van der Waals surface area contributed by atoms with Gasteiger partial charge in [-0.15, -0.1) is 0 Å². The number of likely N-dealkylation sites (tertiary alicyclic amines) is 1. The van der Waals surface area contributed by atoms with Crippen LogP contribution in [0.3, 0.4) is 0 Å². The molecule has 1 heterocycles. The average Bonchev–Trinajstić information content (AvgIpc) is 2.89. The van der Waals surface area contributed by atoms with Crippen LogP contribution in [0.2, 0.25) is 0 Å². The lowest BCUT2D eigenvalue weighted by atomic mass is 9.82. The zero-order chi connectivity index (χ0) is 14.7. The van der Waals surface area contributed by atoms with Gasteiger partial charge in [-0.05, 0) is 12.8 Å². The number of rotatable bonds is 4. The van der Waals surface area contributed by atoms with Crippen LogP contribution in [0.4, 0.5) is 0 Å². The van der Waals surface area contributed by atoms with Crippen LogP contribution < -0.4 is 0 Å². The molecule has 1 saturated heterocycles. The molecule has 1 amide bonds. The number of carboxylic acid groups (broad SMARTS) is 1. The van der Waals surface area contributed by atoms with E-state index < -0.39 is 17.8 Å². The zero-order valence-corrected chi connectivity index (χ0v) is 11.8. The third-order valence-electron chi connectivity index (χ3n) is 4.20. The predicted octanol–water partition coefficient (Wildman–Crippen LogP) is 0.526. The monoisotopic (exact) mass is 283 g/mol. The molecule has 1 aliphatic heterocycles. The van der Waals surface area contributed by atoms with Gasteiger partial charge in [-0.3, -0.25) is 9.59 Å². The average molecular weight is 283 g/mol. The van der Waals surface area contributed by atoms with Gasteiger partial charge in [-0.25, -0.2) is 0 Å². The Hall–Kier alpha value is -1.40. The van der Waals surface area contributed by atoms with Crippen LogP contribution in [0.15, 0.2) is 12.2 Å². The number of amides is 1. The molecule has 0 aromatic carbocycles. The van der Waals surface area contributed by atoms with Gasteiger partial charge in [0.05, 0.1) is 11.8 Å². The van der Waals surface area contributed by atoms with Crippen LogP contribution in [0.1, 0.15) is 12.8 Å². The third kappa shape index (κ3) is 2.86. The summed E-state index contributed by atoms with van der Waals surface area (Å²) in [5.41, 5.74) is 0. The number of carbonyl (C=O) groups is 2. The van der Waals surface area contributed by atoms with E-state index >= 15 is 0 Å². The summed E-state index contributed by atoms with van der Waals surface area (Å²) in [4.78, 5) is 25.5. The predicted molar refractivity (Wildman–Crippen MR) is 71.2 cm³/mol. The SMILES string of the molecule is COC1CN(C(=O)C2CC=CCC2C(=O)O)CC1OC. The van der Waals surface area contributed by atoms with Gasteiger partial charge in [-0.1, -0.05) is 12.2 Å². The van der Waals surface area contributed by atoms with E-state index in [1.54, 1.807) is 19.1 Å². The van der Waals surface area contributed by atoms with Gasteiger partial charge in [0.2, 0.25) is 5.91 Å². The molecule has 1 aliphatic carbocycles. The van der Waals surface area contributed by atoms with Gasteiger partial charge in [0.15, 0.2) is 0 Å². The summed E-state index contributed by atoms with van der Waals surface area (Å²) in [5, 5.41) is 9.24. The summed E-state index contributed by atoms with van der Waals surface area (Å²) in [7, 11) is 3.18. The van der Waals surface area contributed by atoms with Crippen LogP contribution >= 0.6 is 0 Å². The normalized spacial score (nSPS) is 33.4. The Kier molecular flexibility index (Phi) is 4.77. The number of hydrogen-bond acceptors (Lipinski definition) is 4. The number of methoxy groups -OCH3 is 2. The van der Waals surface area contributed by atoms with Crippen LogP contribution in [0.25, 0.3) is 0 Å². The summed E-state index contributed by atoms with van der Waals surface area (Å²) >= 11 is 0. The Morgan fingerprint density at radius 3 is 2.00 bits per heavy atom. The first-order valence-corrected chi connectivity index (χ1v) is 6.80. The van der Waals surface area contributed by atoms with Gasteiger partial charge in [-0.2, -0.15) is 0 Å². The Bertz CT molecular complexity index is 396. The van der Waals surface area contributed by atoms with Crippen molar-refractivity contribution in [2.24, 2.45) is 11.8 Å². The first-order valence-electron chi connectivity index (χ1n) is 6.80. The summed E-state index contributed by atoms with van der Waals surface area (Å²) < 4.78 is 10.6. The van der Waals surface area contributed by atoms with Crippen molar-refractivity contribution < 1.29 is 24.2 Å². The van der Waals surface area contributed by atoms with E-state index in [1.165, 1.54) is 0 Å². The maximum Gasteiger partial charge on any atom is 0.307 e. The van der Waals surface area contributed by atoms with Crippen molar-refractivity contribution in [1.82, 2.24) is 4.90 Å². The third-order valence-corrected chi connectivity index (χ3v) is 4.20. The second-order valence-electron chi connectivity index (χ2n) is 5.29. The lowest BCUT2D eigenvalue weighted by Crippen LogP contribution is -2.41. The zero-order valence-electron chi connectivity index (χ0n) is 11.8. The first kappa shape index (κ1) is 15.0. The molecule has 4 atom stereocenters. The van der Waals surface area contributed by atoms with Crippen molar-refractivity contribution in [3.63, 3.8) is 0 Å². The fourth-order valence-electron chi connectivity index (χ4n) is 2.97. The van der Waals surface area contributed by atoms with Crippen LogP contribution in [0, 0.1) is 11.8 Å². The smallest absolute Gasteiger partial charge is 0.307 e. The molecule has 0 saturated carbocycles. The molecule has 0 spiro atoms. The van der Waals surface area contributed by atoms with Gasteiger partial charge in [0, 0.05) is 27.3 Å². The quantitative estimate of drug-likeness (QED) is 0.761. The maximum absolute atomic E-state index is 12.6. The summed E-state index contributed by atoms with van der Waals surface area (Å²) in [6, 6.07) is 0. The van der Waals surface area contributed by atoms with Crippen molar-refractivity contribution in [3.8, 4) is 0 Å². The highest BCUT2D eigenvalue weighted by atomic mass is 16.5. The van der Waals surface area contributed by atoms with E-state index in [1.807, 2.05) is 12.2 Å². The largest absolute Gasteiger partial charge is 0.481 e. The molecule has 0 bridgehead atoms. The van der Waals surface area contributed by atoms with Crippen LogP contribution in [0.5, 0.6) is 0 Å². The minimum atomic E-state index is -0.904. The molecule has 1 N–H and O–H groups in total. The summed E-state index contributed by atoms with van der Waals surface area (Å²) in [6.07, 6.45) is 4.34. The molecule has 1 fully saturated rings. The molecule has 2 aliphatic rings. The van der Waals surface area contributed by atoms with E-state index in [-0.39, 0.29) is 18.1 Å². The second-order valence-corrected chi connectivity index (χ2v) is 5.29. The standard InChI is InChI=1S/C14H21NO5/c1-19-11-7-15(8-12(11)20-2)13(16)9-5-3-4-6-10(9)14(17)18/h3-4,9-12H,5-8H2,1-2H3,(H,17,18). The van der Waals surface area contributed by atoms with Gasteiger partial charge >= 0.3 is 5.97 Å². The molecular weight excluding hydrogens is 262 g/mol. The molecule has 6 nitrogen and oxygen atoms in total. The highest BCUT2D eigenvalue weighted by molar-refractivity contribution is 5.85. The topological polar surface area (TPSA) is 76.1 Å². The van der Waals surface area contributed by atoms with Gasteiger partial charge in [0.25, 0.3) is 0 Å². The minimum Gasteiger partial charge on any atom is -0.481 e. The number of hydrogen-bond donors (Lipinski definition) is 1. The van der Waals surface area contributed by atoms with Crippen LogP contribution in [-0.2, 0) is 19.1 Å². The molecule has 0 aromatic heterocycles. The van der Waals surface area contributed by atoms with Crippen LogP contribution in [-0.4, -0.2) is 61.4 Å². The molecule has 0 aromatic rings. The van der Waals surface area contributed by atoms with E-state index in [9.17, 15) is 14.7 Å². The van der Waals surface area contributed by atoms with E-state index in [4.69, 9.17) is 9.47 Å². The van der Waals surface area contributed by atoms with E-state index in [0.29, 0.717) is 25.9 Å². The minimum absolute atomic E-state index is 0.108. The van der Waals surface area contributed by atoms with E-state index in [2.05, 4.69) is 0 Å². The van der Waals surface area contributed by atoms with Crippen molar-refractivity contribution in [2.45, 2.75) is 25.0 Å². The molecule has 6 heteroatoms. The molecule has 0 radical (unpaired) electrons. The highest BCUT2D eigenvalue weighted by Crippen LogP contribution is 2.29. The number of ether oxygens (including phenoxy) is 2. The Balaban J connectivity index is 2.07. The Morgan fingerprint density at radius 1 is 1.05 bits per heavy atom. The molecule has 112 valence electrons. The maximum atomic E-state index is 12.6. The van der Waals surface area contributed by atoms with Crippen molar-refractivity contribution in [3.05, 3.63) is 12.2 Å².